The van der Waals surface area contributed by atoms with E-state index in [2.05, 4.69) is 40.9 Å². The fraction of sp³-hybridized carbons (Fsp3) is 0.500. The average Bonchev–Trinajstić information content (AvgIpc) is 3.33. The second-order valence-corrected chi connectivity index (χ2v) is 17.8. The van der Waals surface area contributed by atoms with Crippen molar-refractivity contribution in [1.29, 1.82) is 0 Å². The summed E-state index contributed by atoms with van der Waals surface area (Å²) in [6, 6.07) is 1.78. The Labute approximate surface area is 335 Å². The number of benzene rings is 1. The van der Waals surface area contributed by atoms with E-state index in [9.17, 15) is 14.7 Å². The van der Waals surface area contributed by atoms with Gasteiger partial charge in [0.1, 0.15) is 28.4 Å². The molecule has 1 spiro atoms. The lowest BCUT2D eigenvalue weighted by molar-refractivity contribution is -0.171. The molecule has 1 aromatic carbocycles. The zero-order valence-electron chi connectivity index (χ0n) is 34.4. The van der Waals surface area contributed by atoms with Crippen LogP contribution in [0.25, 0.3) is 6.08 Å². The molecule has 1 aromatic heterocycles. The largest absolute Gasteiger partial charge is 0.506 e. The van der Waals surface area contributed by atoms with Gasteiger partial charge in [-0.15, -0.1) is 0 Å². The third-order valence-corrected chi connectivity index (χ3v) is 12.9. The number of carbonyl (C=O) groups excluding carboxylic acids is 3. The molecule has 2 saturated heterocycles. The van der Waals surface area contributed by atoms with Gasteiger partial charge >= 0.3 is 0 Å². The Morgan fingerprint density at radius 2 is 1.65 bits per heavy atom. The van der Waals surface area contributed by atoms with Crippen LogP contribution < -0.4 is 14.4 Å². The van der Waals surface area contributed by atoms with Crippen molar-refractivity contribution in [3.05, 3.63) is 87.8 Å². The van der Waals surface area contributed by atoms with Gasteiger partial charge in [0, 0.05) is 73.5 Å². The van der Waals surface area contributed by atoms with Crippen LogP contribution in [0.1, 0.15) is 103 Å². The SMILES string of the molecule is CC(C)=CCC[C@]1(C)C=Cc2c(O)c3c(c(CC=C(C)C)c2O1)O[C@]12C(=C[C@@H]4CC1C(C)(C)O[C@@]2(C/C=C(\C)C(=O)N1CCN(c2ncccn2)CC1)C4=O)C3=O. The monoisotopic (exact) mass is 774 g/mol. The number of ether oxygens (including phenoxy) is 3. The first-order valence-electron chi connectivity index (χ1n) is 20.3. The normalized spacial score (nSPS) is 29.1. The van der Waals surface area contributed by atoms with Crippen molar-refractivity contribution in [3.63, 3.8) is 0 Å². The van der Waals surface area contributed by atoms with Crippen LogP contribution in [0.2, 0.25) is 0 Å². The zero-order chi connectivity index (χ0) is 40.7. The minimum absolute atomic E-state index is 0.0412. The van der Waals surface area contributed by atoms with Crippen LogP contribution in [0.4, 0.5) is 5.95 Å². The second kappa shape index (κ2) is 13.8. The molecular formula is C46H54N4O7. The van der Waals surface area contributed by atoms with E-state index in [0.717, 1.165) is 12.0 Å². The van der Waals surface area contributed by atoms with Crippen molar-refractivity contribution in [2.45, 2.75) is 110 Å². The molecule has 5 heterocycles. The van der Waals surface area contributed by atoms with Crippen molar-refractivity contribution in [2.75, 3.05) is 31.1 Å². The predicted octanol–water partition coefficient (Wildman–Crippen LogP) is 7.29. The molecule has 1 N–H and O–H groups in total. The van der Waals surface area contributed by atoms with Crippen molar-refractivity contribution < 1.29 is 33.7 Å². The zero-order valence-corrected chi connectivity index (χ0v) is 34.4. The number of nitrogens with zero attached hydrogens (tertiary/aromatic N) is 4. The van der Waals surface area contributed by atoms with Crippen LogP contribution in [-0.4, -0.2) is 86.0 Å². The number of Topliss-reactive ketones (excluding diaryl/α,β-unsaturated/α-hetero) is 2. The van der Waals surface area contributed by atoms with Gasteiger partial charge in [-0.3, -0.25) is 14.4 Å². The third kappa shape index (κ3) is 6.06. The molecule has 1 amide bonds. The van der Waals surface area contributed by atoms with Crippen LogP contribution in [-0.2, 0) is 20.7 Å². The highest BCUT2D eigenvalue weighted by Gasteiger charge is 2.81. The van der Waals surface area contributed by atoms with Gasteiger partial charge in [0.2, 0.25) is 11.9 Å². The molecule has 3 fully saturated rings. The van der Waals surface area contributed by atoms with Gasteiger partial charge < -0.3 is 29.1 Å². The number of anilines is 1. The first kappa shape index (κ1) is 38.8. The van der Waals surface area contributed by atoms with Gasteiger partial charge in [-0.05, 0) is 99.3 Å². The molecule has 0 radical (unpaired) electrons. The molecular weight excluding hydrogens is 721 g/mol. The first-order valence-corrected chi connectivity index (χ1v) is 20.3. The summed E-state index contributed by atoms with van der Waals surface area (Å²) in [4.78, 5) is 56.4. The molecule has 3 aliphatic carbocycles. The van der Waals surface area contributed by atoms with E-state index < -0.39 is 28.3 Å². The summed E-state index contributed by atoms with van der Waals surface area (Å²) in [5.74, 6) is -0.449. The summed E-state index contributed by atoms with van der Waals surface area (Å²) >= 11 is 0. The number of ketones is 2. The molecule has 57 heavy (non-hydrogen) atoms. The minimum atomic E-state index is -1.59. The summed E-state index contributed by atoms with van der Waals surface area (Å²) < 4.78 is 21.2. The van der Waals surface area contributed by atoms with E-state index in [1.54, 1.807) is 37.5 Å². The highest BCUT2D eigenvalue weighted by Crippen LogP contribution is 2.68. The van der Waals surface area contributed by atoms with E-state index in [1.165, 1.54) is 5.57 Å². The summed E-state index contributed by atoms with van der Waals surface area (Å²) in [5, 5.41) is 12.0. The van der Waals surface area contributed by atoms with Gasteiger partial charge in [0.05, 0.1) is 11.2 Å². The molecule has 1 saturated carbocycles. The maximum absolute atomic E-state index is 15.1. The first-order chi connectivity index (χ1) is 27.0. The van der Waals surface area contributed by atoms with E-state index in [0.29, 0.717) is 79.4 Å². The Bertz CT molecular complexity index is 2200. The number of aromatic nitrogens is 2. The maximum atomic E-state index is 15.1. The van der Waals surface area contributed by atoms with Crippen molar-refractivity contribution in [2.24, 2.45) is 11.8 Å². The van der Waals surface area contributed by atoms with Crippen molar-refractivity contribution in [1.82, 2.24) is 14.9 Å². The van der Waals surface area contributed by atoms with Gasteiger partial charge in [-0.1, -0.05) is 35.5 Å². The lowest BCUT2D eigenvalue weighted by atomic mass is 9.51. The standard InChI is InChI=1S/C46H54N4O7/c1-27(2)11-9-16-44(8)17-15-31-36(51)35-37(52)33-25-30-26-34-43(6,7)57-45(40(30)53,46(33,34)56-39(35)32(38(31)55-44)13-12-28(3)4)18-14-29(5)41(54)49-21-23-50(24-22-49)42-47-19-10-20-48-42/h10-12,14-15,17,19-20,25,30,34,51H,9,13,16,18,21-24,26H2,1-8H3/b29-14+/t30-,34?,44-,45+,46-/m1/s1. The van der Waals surface area contributed by atoms with E-state index in [4.69, 9.17) is 14.2 Å². The third-order valence-electron chi connectivity index (χ3n) is 12.9. The van der Waals surface area contributed by atoms with Crippen LogP contribution in [0.15, 0.2) is 71.1 Å². The summed E-state index contributed by atoms with van der Waals surface area (Å²) in [6.45, 7) is 18.1. The lowest BCUT2D eigenvalue weighted by Crippen LogP contribution is -2.72. The quantitative estimate of drug-likeness (QED) is 0.205. The van der Waals surface area contributed by atoms with Gasteiger partial charge in [-0.2, -0.15) is 0 Å². The number of hydrogen-bond acceptors (Lipinski definition) is 10. The molecule has 2 aromatic rings. The number of phenolic OH excluding ortho intramolecular Hbond substituents is 1. The topological polar surface area (TPSA) is 131 Å². The van der Waals surface area contributed by atoms with Crippen LogP contribution in [0, 0.1) is 11.8 Å². The van der Waals surface area contributed by atoms with Gasteiger partial charge in [-0.25, -0.2) is 9.97 Å². The summed E-state index contributed by atoms with van der Waals surface area (Å²) in [6.07, 6.45) is 17.4. The number of allylic oxidation sites excluding steroid dienone is 5. The fourth-order valence-electron chi connectivity index (χ4n) is 9.99. The number of fused-ring (bicyclic) bond motifs is 2. The van der Waals surface area contributed by atoms with Crippen molar-refractivity contribution in [3.8, 4) is 17.2 Å². The number of hydrogen-bond donors (Lipinski definition) is 1. The Morgan fingerprint density at radius 3 is 2.33 bits per heavy atom. The molecule has 1 unspecified atom stereocenters. The van der Waals surface area contributed by atoms with Crippen molar-refractivity contribution >= 4 is 29.5 Å². The number of piperazine rings is 1. The number of rotatable bonds is 9. The van der Waals surface area contributed by atoms with E-state index in [1.807, 2.05) is 51.7 Å². The fourth-order valence-corrected chi connectivity index (χ4v) is 9.99. The Kier molecular flexibility index (Phi) is 9.41. The highest BCUT2D eigenvalue weighted by atomic mass is 16.6. The Morgan fingerprint density at radius 1 is 0.947 bits per heavy atom. The number of phenols is 1. The Balaban J connectivity index is 1.19. The Hall–Kier alpha value is -5.03. The minimum Gasteiger partial charge on any atom is -0.506 e. The summed E-state index contributed by atoms with van der Waals surface area (Å²) in [5.41, 5.74) is -0.331. The summed E-state index contributed by atoms with van der Waals surface area (Å²) in [7, 11) is 0. The molecule has 4 bridgehead atoms. The number of amides is 1. The van der Waals surface area contributed by atoms with Crippen LogP contribution in [0.3, 0.4) is 0 Å². The molecule has 300 valence electrons. The molecule has 11 heteroatoms. The predicted molar refractivity (Wildman–Crippen MR) is 217 cm³/mol. The number of carbonyl (C=O) groups is 3. The number of aromatic hydroxyl groups is 1. The lowest BCUT2D eigenvalue weighted by Gasteiger charge is -2.56. The maximum Gasteiger partial charge on any atom is 0.249 e. The van der Waals surface area contributed by atoms with Crippen LogP contribution >= 0.6 is 0 Å². The molecule has 4 aliphatic heterocycles. The average molecular weight is 775 g/mol. The van der Waals surface area contributed by atoms with Gasteiger partial charge in [0.15, 0.2) is 22.8 Å². The molecule has 7 aliphatic rings. The molecule has 9 rings (SSSR count). The van der Waals surface area contributed by atoms with E-state index in [-0.39, 0.29) is 46.9 Å². The highest BCUT2D eigenvalue weighted by molar-refractivity contribution is 6.19. The van der Waals surface area contributed by atoms with E-state index >= 15 is 4.79 Å². The smallest absolute Gasteiger partial charge is 0.249 e. The van der Waals surface area contributed by atoms with Crippen LogP contribution in [0.5, 0.6) is 17.2 Å². The second-order valence-electron chi connectivity index (χ2n) is 17.8. The van der Waals surface area contributed by atoms with Gasteiger partial charge in [0.25, 0.3) is 0 Å². The molecule has 5 atom stereocenters. The molecule has 11 nitrogen and oxygen atoms in total.